The van der Waals surface area contributed by atoms with Gasteiger partial charge in [0.2, 0.25) is 0 Å². The Kier molecular flexibility index (Phi) is 4.58. The lowest BCUT2D eigenvalue weighted by Crippen LogP contribution is -2.12. The van der Waals surface area contributed by atoms with Crippen LogP contribution in [-0.2, 0) is 13.1 Å². The first-order valence-electron chi connectivity index (χ1n) is 6.72. The minimum Gasteiger partial charge on any atom is -0.508 e. The summed E-state index contributed by atoms with van der Waals surface area (Å²) in [6, 6.07) is 16.1. The Bertz CT molecular complexity index is 517. The van der Waals surface area contributed by atoms with Gasteiger partial charge in [-0.2, -0.15) is 0 Å². The third-order valence-electron chi connectivity index (χ3n) is 3.22. The fourth-order valence-corrected chi connectivity index (χ4v) is 2.04. The lowest BCUT2D eigenvalue weighted by atomic mass is 10.0. The third-order valence-corrected chi connectivity index (χ3v) is 3.22. The summed E-state index contributed by atoms with van der Waals surface area (Å²) in [5.41, 5.74) is 3.75. The summed E-state index contributed by atoms with van der Waals surface area (Å²) >= 11 is 0. The highest BCUT2D eigenvalue weighted by molar-refractivity contribution is 5.27. The van der Waals surface area contributed by atoms with Crippen molar-refractivity contribution in [2.45, 2.75) is 32.9 Å². The summed E-state index contributed by atoms with van der Waals surface area (Å²) in [6.07, 6.45) is 0. The molecule has 0 aromatic heterocycles. The number of hydrogen-bond donors (Lipinski definition) is 2. The van der Waals surface area contributed by atoms with Crippen LogP contribution in [-0.4, -0.2) is 5.11 Å². The topological polar surface area (TPSA) is 32.3 Å². The van der Waals surface area contributed by atoms with Gasteiger partial charge in [-0.3, -0.25) is 0 Å². The van der Waals surface area contributed by atoms with Crippen molar-refractivity contribution in [1.29, 1.82) is 0 Å². The maximum absolute atomic E-state index is 9.38. The summed E-state index contributed by atoms with van der Waals surface area (Å²) in [7, 11) is 0. The van der Waals surface area contributed by atoms with Crippen molar-refractivity contribution in [2.24, 2.45) is 0 Å². The van der Waals surface area contributed by atoms with Gasteiger partial charge in [0.25, 0.3) is 0 Å². The molecule has 2 aromatic carbocycles. The molecule has 2 nitrogen and oxygen atoms in total. The molecule has 0 saturated carbocycles. The SMILES string of the molecule is CC(C)c1ccc(CNCc2cccc(O)c2)cc1. The Morgan fingerprint density at radius 1 is 0.947 bits per heavy atom. The molecule has 0 heterocycles. The Hall–Kier alpha value is -1.80. The molecular weight excluding hydrogens is 234 g/mol. The number of phenolic OH excluding ortho intramolecular Hbond substituents is 1. The van der Waals surface area contributed by atoms with Gasteiger partial charge in [-0.25, -0.2) is 0 Å². The Balaban J connectivity index is 1.85. The molecule has 0 aliphatic heterocycles. The number of nitrogens with one attached hydrogen (secondary N) is 1. The highest BCUT2D eigenvalue weighted by Crippen LogP contribution is 2.15. The fraction of sp³-hybridized carbons (Fsp3) is 0.294. The predicted molar refractivity (Wildman–Crippen MR) is 79.2 cm³/mol. The molecule has 2 aromatic rings. The highest BCUT2D eigenvalue weighted by atomic mass is 16.3. The number of phenols is 1. The van der Waals surface area contributed by atoms with Gasteiger partial charge in [0, 0.05) is 13.1 Å². The summed E-state index contributed by atoms with van der Waals surface area (Å²) in [6.45, 7) is 6.01. The van der Waals surface area contributed by atoms with Crippen molar-refractivity contribution >= 4 is 0 Å². The average molecular weight is 255 g/mol. The zero-order chi connectivity index (χ0) is 13.7. The van der Waals surface area contributed by atoms with Gasteiger partial charge in [-0.15, -0.1) is 0 Å². The summed E-state index contributed by atoms with van der Waals surface area (Å²) in [4.78, 5) is 0. The fourth-order valence-electron chi connectivity index (χ4n) is 2.04. The van der Waals surface area contributed by atoms with Crippen LogP contribution in [0.5, 0.6) is 5.75 Å². The van der Waals surface area contributed by atoms with Crippen LogP contribution >= 0.6 is 0 Å². The van der Waals surface area contributed by atoms with Gasteiger partial charge >= 0.3 is 0 Å². The lowest BCUT2D eigenvalue weighted by Gasteiger charge is -2.08. The van der Waals surface area contributed by atoms with Crippen LogP contribution < -0.4 is 5.32 Å². The second-order valence-electron chi connectivity index (χ2n) is 5.17. The Labute approximate surface area is 115 Å². The molecule has 0 radical (unpaired) electrons. The second kappa shape index (κ2) is 6.39. The maximum atomic E-state index is 9.38. The number of rotatable bonds is 5. The maximum Gasteiger partial charge on any atom is 0.115 e. The van der Waals surface area contributed by atoms with Crippen molar-refractivity contribution in [3.8, 4) is 5.75 Å². The van der Waals surface area contributed by atoms with E-state index in [0.29, 0.717) is 11.7 Å². The van der Waals surface area contributed by atoms with Crippen LogP contribution in [0.15, 0.2) is 48.5 Å². The van der Waals surface area contributed by atoms with Crippen LogP contribution in [0.25, 0.3) is 0 Å². The molecule has 0 unspecified atom stereocenters. The molecule has 2 rings (SSSR count). The molecule has 2 heteroatoms. The lowest BCUT2D eigenvalue weighted by molar-refractivity contribution is 0.474. The Morgan fingerprint density at radius 2 is 1.63 bits per heavy atom. The molecule has 0 spiro atoms. The van der Waals surface area contributed by atoms with Crippen molar-refractivity contribution in [3.05, 3.63) is 65.2 Å². The van der Waals surface area contributed by atoms with Crippen LogP contribution in [0, 0.1) is 0 Å². The van der Waals surface area contributed by atoms with Crippen LogP contribution in [0.2, 0.25) is 0 Å². The average Bonchev–Trinajstić information content (AvgIpc) is 2.39. The monoisotopic (exact) mass is 255 g/mol. The Morgan fingerprint density at radius 3 is 2.26 bits per heavy atom. The van der Waals surface area contributed by atoms with Gasteiger partial charge in [0.05, 0.1) is 0 Å². The van der Waals surface area contributed by atoms with Crippen LogP contribution in [0.1, 0.15) is 36.5 Å². The van der Waals surface area contributed by atoms with Gasteiger partial charge in [-0.1, -0.05) is 50.2 Å². The minimum absolute atomic E-state index is 0.320. The molecule has 0 atom stereocenters. The highest BCUT2D eigenvalue weighted by Gasteiger charge is 1.99. The largest absolute Gasteiger partial charge is 0.508 e. The van der Waals surface area contributed by atoms with Gasteiger partial charge in [0.1, 0.15) is 5.75 Å². The van der Waals surface area contributed by atoms with Crippen molar-refractivity contribution < 1.29 is 5.11 Å². The van der Waals surface area contributed by atoms with Crippen molar-refractivity contribution in [3.63, 3.8) is 0 Å². The first-order valence-corrected chi connectivity index (χ1v) is 6.72. The van der Waals surface area contributed by atoms with Crippen LogP contribution in [0.4, 0.5) is 0 Å². The second-order valence-corrected chi connectivity index (χ2v) is 5.17. The van der Waals surface area contributed by atoms with E-state index in [2.05, 4.69) is 43.4 Å². The summed E-state index contributed by atoms with van der Waals surface area (Å²) < 4.78 is 0. The molecule has 0 bridgehead atoms. The molecule has 0 aliphatic rings. The van der Waals surface area contributed by atoms with E-state index in [4.69, 9.17) is 0 Å². The third kappa shape index (κ3) is 4.11. The zero-order valence-electron chi connectivity index (χ0n) is 11.6. The van der Waals surface area contributed by atoms with E-state index in [1.54, 1.807) is 12.1 Å². The molecular formula is C17H21NO. The quantitative estimate of drug-likeness (QED) is 0.851. The summed E-state index contributed by atoms with van der Waals surface area (Å²) in [5, 5.41) is 12.8. The van der Waals surface area contributed by atoms with Crippen molar-refractivity contribution in [1.82, 2.24) is 5.32 Å². The molecule has 100 valence electrons. The standard InChI is InChI=1S/C17H21NO/c1-13(2)16-8-6-14(7-9-16)11-18-12-15-4-3-5-17(19)10-15/h3-10,13,18-19H,11-12H2,1-2H3. The molecule has 2 N–H and O–H groups in total. The molecule has 0 aliphatic carbocycles. The van der Waals surface area contributed by atoms with E-state index in [1.165, 1.54) is 11.1 Å². The van der Waals surface area contributed by atoms with E-state index in [-0.39, 0.29) is 0 Å². The smallest absolute Gasteiger partial charge is 0.115 e. The van der Waals surface area contributed by atoms with E-state index >= 15 is 0 Å². The summed E-state index contributed by atoms with van der Waals surface area (Å²) in [5.74, 6) is 0.898. The molecule has 0 saturated heterocycles. The number of hydrogen-bond acceptors (Lipinski definition) is 2. The van der Waals surface area contributed by atoms with Gasteiger partial charge < -0.3 is 10.4 Å². The van der Waals surface area contributed by atoms with Crippen LogP contribution in [0.3, 0.4) is 0 Å². The number of benzene rings is 2. The molecule has 0 fully saturated rings. The first kappa shape index (κ1) is 13.6. The van der Waals surface area contributed by atoms with E-state index in [1.807, 2.05) is 12.1 Å². The zero-order valence-corrected chi connectivity index (χ0v) is 11.6. The molecule has 19 heavy (non-hydrogen) atoms. The van der Waals surface area contributed by atoms with E-state index in [0.717, 1.165) is 18.7 Å². The van der Waals surface area contributed by atoms with E-state index < -0.39 is 0 Å². The van der Waals surface area contributed by atoms with Gasteiger partial charge in [-0.05, 0) is 34.7 Å². The van der Waals surface area contributed by atoms with Gasteiger partial charge in [0.15, 0.2) is 0 Å². The van der Waals surface area contributed by atoms with E-state index in [9.17, 15) is 5.11 Å². The molecule has 0 amide bonds. The normalized spacial score (nSPS) is 10.9. The first-order chi connectivity index (χ1) is 9.15. The minimum atomic E-state index is 0.320. The number of aromatic hydroxyl groups is 1. The van der Waals surface area contributed by atoms with Crippen molar-refractivity contribution in [2.75, 3.05) is 0 Å². The predicted octanol–water partition coefficient (Wildman–Crippen LogP) is 3.81.